The van der Waals surface area contributed by atoms with Gasteiger partial charge in [0.15, 0.2) is 0 Å². The quantitative estimate of drug-likeness (QED) is 0.194. The summed E-state index contributed by atoms with van der Waals surface area (Å²) in [5.74, 6) is 0.123. The molecule has 0 aliphatic rings. The van der Waals surface area contributed by atoms with Gasteiger partial charge in [-0.15, -0.1) is 0 Å². The lowest BCUT2D eigenvalue weighted by molar-refractivity contribution is 1.23. The van der Waals surface area contributed by atoms with Crippen molar-refractivity contribution in [2.45, 2.75) is 0 Å². The van der Waals surface area contributed by atoms with Crippen LogP contribution in [0.3, 0.4) is 0 Å². The highest BCUT2D eigenvalue weighted by Gasteiger charge is 2.35. The Morgan fingerprint density at radius 1 is 0.323 bits per heavy atom. The van der Waals surface area contributed by atoms with Crippen molar-refractivity contribution in [1.82, 2.24) is 0 Å². The van der Waals surface area contributed by atoms with Crippen LogP contribution in [-0.4, -0.2) is 0 Å². The van der Waals surface area contributed by atoms with Gasteiger partial charge in [0.2, 0.25) is 0 Å². The summed E-state index contributed by atoms with van der Waals surface area (Å²) >= 11 is 76.8. The van der Waals surface area contributed by atoms with E-state index < -0.39 is 0 Å². The summed E-state index contributed by atoms with van der Waals surface area (Å²) in [5, 5.41) is 0.594. The van der Waals surface area contributed by atoms with Gasteiger partial charge in [-0.3, -0.25) is 0 Å². The van der Waals surface area contributed by atoms with E-state index in [1.807, 2.05) is 0 Å². The average Bonchev–Trinajstić information content (AvgIpc) is 2.69. The Morgan fingerprint density at radius 2 is 0.484 bits per heavy atom. The van der Waals surface area contributed by atoms with Crippen LogP contribution in [0.5, 0.6) is 0 Å². The van der Waals surface area contributed by atoms with Crippen LogP contribution >= 0.6 is 139 Å². The van der Waals surface area contributed by atoms with Gasteiger partial charge < -0.3 is 0 Å². The molecule has 1 radical (unpaired) electrons. The van der Waals surface area contributed by atoms with Crippen molar-refractivity contribution in [2.75, 3.05) is 0 Å². The predicted octanol–water partition coefficient (Wildman–Crippen LogP) is 12.5. The van der Waals surface area contributed by atoms with E-state index >= 15 is 0 Å². The van der Waals surface area contributed by atoms with Crippen molar-refractivity contribution in [3.8, 4) is 0 Å². The minimum Gasteiger partial charge on any atom is -0.0826 e. The smallest absolute Gasteiger partial charge is 0.0723 e. The van der Waals surface area contributed by atoms with Crippen LogP contribution in [0.25, 0.3) is 0 Å². The van der Waals surface area contributed by atoms with E-state index in [9.17, 15) is 0 Å². The molecule has 0 saturated carbocycles. The standard InChI is InChI=1S/C19H3Cl12/c20-4-1-5(21)15(27)11(14(4)26)10(12-16(28)6(22)2-7(23)17(12)29)13-18(30)8(24)3-9(25)19(13)31/h1-3H. The highest BCUT2D eigenvalue weighted by molar-refractivity contribution is 6.52. The SMILES string of the molecule is Clc1cc(Cl)c(Cl)c([C](c2c(Cl)c(Cl)cc(Cl)c2Cl)c2c(Cl)c(Cl)cc(Cl)c2Cl)c1Cl. The van der Waals surface area contributed by atoms with E-state index in [0.29, 0.717) is 0 Å². The molecule has 12 heteroatoms. The Bertz CT molecular complexity index is 988. The molecule has 0 atom stereocenters. The lowest BCUT2D eigenvalue weighted by atomic mass is 9.84. The molecule has 0 spiro atoms. The molecule has 0 aliphatic heterocycles. The van der Waals surface area contributed by atoms with E-state index in [1.54, 1.807) is 0 Å². The van der Waals surface area contributed by atoms with Gasteiger partial charge in [-0.25, -0.2) is 0 Å². The molecular weight excluding hydrogens is 654 g/mol. The fraction of sp³-hybridized carbons (Fsp3) is 0. The second kappa shape index (κ2) is 10.4. The number of hydrogen-bond donors (Lipinski definition) is 0. The van der Waals surface area contributed by atoms with Crippen molar-refractivity contribution >= 4 is 139 Å². The molecule has 3 aromatic carbocycles. The summed E-state index contributed by atoms with van der Waals surface area (Å²) in [5.41, 5.74) is 0.348. The maximum Gasteiger partial charge on any atom is 0.0723 e. The molecule has 0 fully saturated rings. The Hall–Kier alpha value is 1.14. The molecule has 0 unspecified atom stereocenters. The Kier molecular flexibility index (Phi) is 8.98. The van der Waals surface area contributed by atoms with Crippen LogP contribution in [0, 0.1) is 5.92 Å². The minimum absolute atomic E-state index is 0.0116. The number of hydrogen-bond acceptors (Lipinski definition) is 0. The molecule has 0 saturated heterocycles. The van der Waals surface area contributed by atoms with Crippen molar-refractivity contribution in [1.29, 1.82) is 0 Å². The van der Waals surface area contributed by atoms with Gasteiger partial charge in [0.05, 0.1) is 66.2 Å². The zero-order valence-electron chi connectivity index (χ0n) is 14.3. The molecule has 0 N–H and O–H groups in total. The van der Waals surface area contributed by atoms with E-state index in [1.165, 1.54) is 18.2 Å². The summed E-state index contributed by atoms with van der Waals surface area (Å²) < 4.78 is 0. The summed E-state index contributed by atoms with van der Waals surface area (Å²) in [4.78, 5) is 0. The van der Waals surface area contributed by atoms with Gasteiger partial charge in [-0.2, -0.15) is 0 Å². The van der Waals surface area contributed by atoms with E-state index in [-0.39, 0.29) is 82.9 Å². The van der Waals surface area contributed by atoms with Crippen molar-refractivity contribution in [3.05, 3.63) is 101 Å². The van der Waals surface area contributed by atoms with Crippen LogP contribution in [-0.2, 0) is 0 Å². The second-order valence-electron chi connectivity index (χ2n) is 5.90. The first-order valence-corrected chi connectivity index (χ1v) is 12.3. The number of benzene rings is 3. The molecule has 3 rings (SSSR count). The van der Waals surface area contributed by atoms with Crippen molar-refractivity contribution in [2.24, 2.45) is 0 Å². The van der Waals surface area contributed by atoms with Gasteiger partial charge >= 0.3 is 0 Å². The van der Waals surface area contributed by atoms with E-state index in [0.717, 1.165) is 0 Å². The van der Waals surface area contributed by atoms with Crippen molar-refractivity contribution < 1.29 is 0 Å². The Morgan fingerprint density at radius 3 is 0.645 bits per heavy atom. The van der Waals surface area contributed by atoms with Crippen LogP contribution in [0.15, 0.2) is 18.2 Å². The zero-order chi connectivity index (χ0) is 23.4. The first kappa shape index (κ1) is 26.7. The molecular formula is C19H3Cl12. The molecule has 3 aromatic rings. The second-order valence-corrected chi connectivity index (χ2v) is 10.6. The molecule has 0 aliphatic carbocycles. The zero-order valence-corrected chi connectivity index (χ0v) is 23.3. The topological polar surface area (TPSA) is 0 Å². The lowest BCUT2D eigenvalue weighted by Crippen LogP contribution is -2.11. The lowest BCUT2D eigenvalue weighted by Gasteiger charge is -2.26. The molecule has 163 valence electrons. The maximum atomic E-state index is 6.53. The minimum atomic E-state index is 0.0116. The van der Waals surface area contributed by atoms with Crippen LogP contribution < -0.4 is 0 Å². The molecule has 0 amide bonds. The Labute approximate surface area is 238 Å². The first-order chi connectivity index (χ1) is 14.4. The van der Waals surface area contributed by atoms with Crippen molar-refractivity contribution in [3.63, 3.8) is 0 Å². The summed E-state index contributed by atoms with van der Waals surface area (Å²) in [6.07, 6.45) is 0. The van der Waals surface area contributed by atoms with Gasteiger partial charge in [0.25, 0.3) is 0 Å². The number of halogens is 12. The highest BCUT2D eigenvalue weighted by atomic mass is 35.5. The summed E-state index contributed by atoms with van der Waals surface area (Å²) in [6.45, 7) is 0. The van der Waals surface area contributed by atoms with Gasteiger partial charge in [-0.05, 0) is 18.2 Å². The maximum absolute atomic E-state index is 6.53. The third-order valence-electron chi connectivity index (χ3n) is 4.09. The summed E-state index contributed by atoms with van der Waals surface area (Å²) in [7, 11) is 0. The van der Waals surface area contributed by atoms with E-state index in [4.69, 9.17) is 139 Å². The monoisotopic (exact) mass is 651 g/mol. The molecule has 0 heterocycles. The van der Waals surface area contributed by atoms with Crippen LogP contribution in [0.1, 0.15) is 16.7 Å². The summed E-state index contributed by atoms with van der Waals surface area (Å²) in [6, 6.07) is 4.12. The Balaban J connectivity index is 2.61. The molecule has 0 nitrogen and oxygen atoms in total. The van der Waals surface area contributed by atoms with Gasteiger partial charge in [0, 0.05) is 16.7 Å². The van der Waals surface area contributed by atoms with Gasteiger partial charge in [-0.1, -0.05) is 139 Å². The fourth-order valence-electron chi connectivity index (χ4n) is 2.75. The normalized spacial score (nSPS) is 11.5. The molecule has 31 heavy (non-hydrogen) atoms. The average molecular weight is 657 g/mol. The predicted molar refractivity (Wildman–Crippen MR) is 140 cm³/mol. The van der Waals surface area contributed by atoms with Crippen LogP contribution in [0.4, 0.5) is 0 Å². The largest absolute Gasteiger partial charge is 0.0826 e. The van der Waals surface area contributed by atoms with E-state index in [2.05, 4.69) is 0 Å². The highest BCUT2D eigenvalue weighted by Crippen LogP contribution is 2.54. The fourth-order valence-corrected chi connectivity index (χ4v) is 5.75. The molecule has 0 bridgehead atoms. The third kappa shape index (κ3) is 4.94. The number of rotatable bonds is 3. The molecule has 0 aromatic heterocycles. The van der Waals surface area contributed by atoms with Crippen LogP contribution in [0.2, 0.25) is 60.3 Å². The van der Waals surface area contributed by atoms with Gasteiger partial charge in [0.1, 0.15) is 0 Å². The third-order valence-corrected chi connectivity index (χ3v) is 8.81. The first-order valence-electron chi connectivity index (χ1n) is 7.75.